The fraction of sp³-hybridized carbons (Fsp3) is 0.846. The molecule has 0 saturated carbocycles. The van der Waals surface area contributed by atoms with E-state index in [4.69, 9.17) is 10.8 Å². The third-order valence-corrected chi connectivity index (χ3v) is 3.62. The van der Waals surface area contributed by atoms with Crippen LogP contribution in [0.15, 0.2) is 0 Å². The zero-order valence-electron chi connectivity index (χ0n) is 11.1. The van der Waals surface area contributed by atoms with Crippen LogP contribution in [-0.4, -0.2) is 40.5 Å². The van der Waals surface area contributed by atoms with Gasteiger partial charge in [0.1, 0.15) is 0 Å². The summed E-state index contributed by atoms with van der Waals surface area (Å²) in [4.78, 5) is 24.6. The highest BCUT2D eigenvalue weighted by molar-refractivity contribution is 5.82. The molecular formula is C13H24N2O3. The number of carbonyl (C=O) groups excluding carboxylic acids is 1. The van der Waals surface area contributed by atoms with E-state index in [1.807, 2.05) is 4.90 Å². The summed E-state index contributed by atoms with van der Waals surface area (Å²) in [5.41, 5.74) is 5.81. The van der Waals surface area contributed by atoms with E-state index in [9.17, 15) is 9.59 Å². The number of rotatable bonds is 5. The first kappa shape index (κ1) is 15.0. The quantitative estimate of drug-likeness (QED) is 0.778. The maximum atomic E-state index is 12.2. The lowest BCUT2D eigenvalue weighted by atomic mass is 10.1. The minimum absolute atomic E-state index is 0.0441. The monoisotopic (exact) mass is 256 g/mol. The number of hydrogen-bond acceptors (Lipinski definition) is 3. The second-order valence-electron chi connectivity index (χ2n) is 4.98. The molecule has 2 unspecified atom stereocenters. The largest absolute Gasteiger partial charge is 0.481 e. The summed E-state index contributed by atoms with van der Waals surface area (Å²) in [5.74, 6) is -0.980. The summed E-state index contributed by atoms with van der Waals surface area (Å²) in [6.45, 7) is 2.84. The number of aliphatic carboxylic acids is 1. The summed E-state index contributed by atoms with van der Waals surface area (Å²) >= 11 is 0. The van der Waals surface area contributed by atoms with Crippen molar-refractivity contribution in [2.45, 2.75) is 64.0 Å². The van der Waals surface area contributed by atoms with Crippen molar-refractivity contribution in [3.05, 3.63) is 0 Å². The van der Waals surface area contributed by atoms with Crippen molar-refractivity contribution in [1.82, 2.24) is 4.90 Å². The van der Waals surface area contributed by atoms with E-state index in [1.54, 1.807) is 0 Å². The maximum Gasteiger partial charge on any atom is 0.303 e. The molecule has 0 radical (unpaired) electrons. The minimum Gasteiger partial charge on any atom is -0.481 e. The molecule has 0 aromatic carbocycles. The summed E-state index contributed by atoms with van der Waals surface area (Å²) in [6.07, 6.45) is 5.50. The van der Waals surface area contributed by atoms with Crippen LogP contribution in [0.4, 0.5) is 0 Å². The van der Waals surface area contributed by atoms with Gasteiger partial charge < -0.3 is 15.7 Å². The molecule has 1 saturated heterocycles. The Morgan fingerprint density at radius 1 is 1.39 bits per heavy atom. The molecule has 104 valence electrons. The van der Waals surface area contributed by atoms with Crippen molar-refractivity contribution < 1.29 is 14.7 Å². The SMILES string of the molecule is CCC1CCCCCN1C(=O)C(N)CCC(=O)O. The van der Waals surface area contributed by atoms with Gasteiger partial charge in [-0.05, 0) is 25.7 Å². The zero-order chi connectivity index (χ0) is 13.5. The Balaban J connectivity index is 2.58. The smallest absolute Gasteiger partial charge is 0.303 e. The Labute approximate surface area is 108 Å². The Kier molecular flexibility index (Phi) is 6.12. The lowest BCUT2D eigenvalue weighted by Crippen LogP contribution is -2.48. The molecule has 0 spiro atoms. The van der Waals surface area contributed by atoms with Crippen LogP contribution >= 0.6 is 0 Å². The third kappa shape index (κ3) is 4.29. The Bertz CT molecular complexity index is 294. The Hall–Kier alpha value is -1.10. The average Bonchev–Trinajstić information content (AvgIpc) is 2.59. The normalized spacial score (nSPS) is 22.3. The number of hydrogen-bond donors (Lipinski definition) is 2. The van der Waals surface area contributed by atoms with E-state index in [1.165, 1.54) is 0 Å². The molecule has 1 fully saturated rings. The highest BCUT2D eigenvalue weighted by Crippen LogP contribution is 2.20. The van der Waals surface area contributed by atoms with Crippen LogP contribution in [-0.2, 0) is 9.59 Å². The molecule has 1 aliphatic rings. The lowest BCUT2D eigenvalue weighted by Gasteiger charge is -2.31. The molecule has 2 atom stereocenters. The van der Waals surface area contributed by atoms with Crippen LogP contribution in [0.3, 0.4) is 0 Å². The van der Waals surface area contributed by atoms with Gasteiger partial charge in [-0.3, -0.25) is 9.59 Å². The first-order chi connectivity index (χ1) is 8.56. The molecule has 0 aromatic rings. The van der Waals surface area contributed by atoms with E-state index in [2.05, 4.69) is 6.92 Å². The van der Waals surface area contributed by atoms with Crippen LogP contribution in [0, 0.1) is 0 Å². The third-order valence-electron chi connectivity index (χ3n) is 3.62. The van der Waals surface area contributed by atoms with Gasteiger partial charge >= 0.3 is 5.97 Å². The number of carbonyl (C=O) groups is 2. The van der Waals surface area contributed by atoms with Crippen LogP contribution in [0.1, 0.15) is 51.9 Å². The second kappa shape index (κ2) is 7.36. The number of nitrogens with zero attached hydrogens (tertiary/aromatic N) is 1. The van der Waals surface area contributed by atoms with Crippen molar-refractivity contribution in [3.63, 3.8) is 0 Å². The molecule has 0 bridgehead atoms. The average molecular weight is 256 g/mol. The second-order valence-corrected chi connectivity index (χ2v) is 4.98. The molecule has 5 heteroatoms. The highest BCUT2D eigenvalue weighted by Gasteiger charge is 2.27. The van der Waals surface area contributed by atoms with E-state index in [-0.39, 0.29) is 24.8 Å². The molecule has 3 N–H and O–H groups in total. The molecule has 1 amide bonds. The molecule has 5 nitrogen and oxygen atoms in total. The van der Waals surface area contributed by atoms with Crippen LogP contribution in [0.5, 0.6) is 0 Å². The minimum atomic E-state index is -0.902. The predicted octanol–water partition coefficient (Wildman–Crippen LogP) is 1.36. The Morgan fingerprint density at radius 2 is 2.11 bits per heavy atom. The molecule has 18 heavy (non-hydrogen) atoms. The molecule has 0 aliphatic carbocycles. The van der Waals surface area contributed by atoms with E-state index < -0.39 is 12.0 Å². The summed E-state index contributed by atoms with van der Waals surface area (Å²) < 4.78 is 0. The van der Waals surface area contributed by atoms with Gasteiger partial charge in [0, 0.05) is 19.0 Å². The molecular weight excluding hydrogens is 232 g/mol. The van der Waals surface area contributed by atoms with Gasteiger partial charge in [-0.15, -0.1) is 0 Å². The fourth-order valence-corrected chi connectivity index (χ4v) is 2.51. The van der Waals surface area contributed by atoms with Crippen molar-refractivity contribution in [2.24, 2.45) is 5.73 Å². The number of amides is 1. The highest BCUT2D eigenvalue weighted by atomic mass is 16.4. The topological polar surface area (TPSA) is 83.6 Å². The zero-order valence-corrected chi connectivity index (χ0v) is 11.1. The standard InChI is InChI=1S/C13H24N2O3/c1-2-10-6-4-3-5-9-15(10)13(18)11(14)7-8-12(16)17/h10-11H,2-9,14H2,1H3,(H,16,17). The van der Waals surface area contributed by atoms with E-state index in [0.717, 1.165) is 38.6 Å². The van der Waals surface area contributed by atoms with Crippen LogP contribution in [0.25, 0.3) is 0 Å². The maximum absolute atomic E-state index is 12.2. The van der Waals surface area contributed by atoms with E-state index in [0.29, 0.717) is 0 Å². The predicted molar refractivity (Wildman–Crippen MR) is 69.1 cm³/mol. The van der Waals surface area contributed by atoms with Crippen molar-refractivity contribution in [1.29, 1.82) is 0 Å². The molecule has 1 aliphatic heterocycles. The molecule has 1 heterocycles. The first-order valence-corrected chi connectivity index (χ1v) is 6.84. The lowest BCUT2D eigenvalue weighted by molar-refractivity contribution is -0.138. The van der Waals surface area contributed by atoms with Gasteiger partial charge in [0.15, 0.2) is 0 Å². The van der Waals surface area contributed by atoms with Gasteiger partial charge in [-0.1, -0.05) is 19.8 Å². The summed E-state index contributed by atoms with van der Waals surface area (Å²) in [7, 11) is 0. The van der Waals surface area contributed by atoms with Gasteiger partial charge in [0.2, 0.25) is 5.91 Å². The van der Waals surface area contributed by atoms with Crippen LogP contribution < -0.4 is 5.73 Å². The number of carboxylic acid groups (broad SMARTS) is 1. The van der Waals surface area contributed by atoms with Crippen molar-refractivity contribution in [2.75, 3.05) is 6.54 Å². The molecule has 0 aromatic heterocycles. The van der Waals surface area contributed by atoms with Crippen LogP contribution in [0.2, 0.25) is 0 Å². The van der Waals surface area contributed by atoms with Crippen molar-refractivity contribution >= 4 is 11.9 Å². The fourth-order valence-electron chi connectivity index (χ4n) is 2.51. The summed E-state index contributed by atoms with van der Waals surface area (Å²) in [6, 6.07) is -0.399. The van der Waals surface area contributed by atoms with Gasteiger partial charge in [-0.2, -0.15) is 0 Å². The number of carboxylic acids is 1. The summed E-state index contributed by atoms with van der Waals surface area (Å²) in [5, 5.41) is 8.62. The molecule has 1 rings (SSSR count). The van der Waals surface area contributed by atoms with Gasteiger partial charge in [0.05, 0.1) is 6.04 Å². The van der Waals surface area contributed by atoms with Gasteiger partial charge in [0.25, 0.3) is 0 Å². The number of nitrogens with two attached hydrogens (primary N) is 1. The van der Waals surface area contributed by atoms with Crippen molar-refractivity contribution in [3.8, 4) is 0 Å². The number of likely N-dealkylation sites (tertiary alicyclic amines) is 1. The first-order valence-electron chi connectivity index (χ1n) is 6.84. The van der Waals surface area contributed by atoms with Gasteiger partial charge in [-0.25, -0.2) is 0 Å². The van der Waals surface area contributed by atoms with E-state index >= 15 is 0 Å². The Morgan fingerprint density at radius 3 is 2.72 bits per heavy atom.